The Hall–Kier alpha value is -2.97. The summed E-state index contributed by atoms with van der Waals surface area (Å²) >= 11 is 0. The summed E-state index contributed by atoms with van der Waals surface area (Å²) in [6.07, 6.45) is 1.68. The van der Waals surface area contributed by atoms with Crippen LogP contribution < -0.4 is 5.76 Å². The molecule has 0 aliphatic rings. The fourth-order valence-corrected chi connectivity index (χ4v) is 4.07. The van der Waals surface area contributed by atoms with E-state index < -0.39 is 15.8 Å². The number of pyridine rings is 1. The van der Waals surface area contributed by atoms with Crippen molar-refractivity contribution in [2.45, 2.75) is 11.4 Å². The summed E-state index contributed by atoms with van der Waals surface area (Å²) < 4.78 is 32.0. The van der Waals surface area contributed by atoms with E-state index in [1.54, 1.807) is 6.20 Å². The van der Waals surface area contributed by atoms with Crippen LogP contribution in [0.3, 0.4) is 0 Å². The molecule has 1 N–H and O–H groups in total. The Kier molecular flexibility index (Phi) is 3.86. The highest BCUT2D eigenvalue weighted by molar-refractivity contribution is 7.89. The van der Waals surface area contributed by atoms with E-state index in [9.17, 15) is 13.2 Å². The number of nitrogens with zero attached hydrogens (tertiary/aromatic N) is 2. The molecule has 0 saturated heterocycles. The van der Waals surface area contributed by atoms with Crippen LogP contribution in [0.2, 0.25) is 0 Å². The average molecular weight is 369 g/mol. The van der Waals surface area contributed by atoms with Crippen LogP contribution in [0.4, 0.5) is 0 Å². The molecule has 132 valence electrons. The normalized spacial score (nSPS) is 12.2. The lowest BCUT2D eigenvalue weighted by atomic mass is 10.1. The van der Waals surface area contributed by atoms with Gasteiger partial charge in [-0.1, -0.05) is 24.3 Å². The number of nitrogens with one attached hydrogen (secondary N) is 1. The average Bonchev–Trinajstić information content (AvgIpc) is 3.01. The number of aromatic nitrogens is 2. The van der Waals surface area contributed by atoms with Crippen molar-refractivity contribution in [2.75, 3.05) is 7.05 Å². The summed E-state index contributed by atoms with van der Waals surface area (Å²) in [6.45, 7) is 0.177. The van der Waals surface area contributed by atoms with Gasteiger partial charge in [0.2, 0.25) is 10.0 Å². The molecule has 8 heteroatoms. The van der Waals surface area contributed by atoms with Crippen LogP contribution in [-0.4, -0.2) is 29.7 Å². The second kappa shape index (κ2) is 6.08. The summed E-state index contributed by atoms with van der Waals surface area (Å²) in [5.41, 5.74) is 2.24. The molecule has 0 amide bonds. The fraction of sp³-hybridized carbons (Fsp3) is 0.111. The number of H-pyrrole nitrogens is 1. The van der Waals surface area contributed by atoms with Gasteiger partial charge in [-0.2, -0.15) is 4.31 Å². The molecule has 0 aliphatic heterocycles. The minimum Gasteiger partial charge on any atom is -0.408 e. The molecule has 0 spiro atoms. The molecule has 7 nitrogen and oxygen atoms in total. The van der Waals surface area contributed by atoms with Crippen molar-refractivity contribution >= 4 is 32.0 Å². The minimum atomic E-state index is -3.75. The minimum absolute atomic E-state index is 0.0812. The van der Waals surface area contributed by atoms with E-state index in [-0.39, 0.29) is 11.4 Å². The van der Waals surface area contributed by atoms with Gasteiger partial charge in [-0.15, -0.1) is 0 Å². The molecule has 0 atom stereocenters. The van der Waals surface area contributed by atoms with Crippen LogP contribution in [0.15, 0.2) is 68.8 Å². The zero-order valence-corrected chi connectivity index (χ0v) is 14.7. The molecule has 0 aliphatic carbocycles. The third kappa shape index (κ3) is 2.79. The van der Waals surface area contributed by atoms with Gasteiger partial charge >= 0.3 is 5.76 Å². The molecule has 0 fully saturated rings. The summed E-state index contributed by atoms with van der Waals surface area (Å²) in [5.74, 6) is -0.621. The van der Waals surface area contributed by atoms with E-state index in [2.05, 4.69) is 9.97 Å². The van der Waals surface area contributed by atoms with Gasteiger partial charge in [-0.3, -0.25) is 9.97 Å². The molecule has 4 rings (SSSR count). The highest BCUT2D eigenvalue weighted by atomic mass is 32.2. The van der Waals surface area contributed by atoms with Gasteiger partial charge in [-0.25, -0.2) is 13.2 Å². The lowest BCUT2D eigenvalue weighted by molar-refractivity contribution is 0.468. The predicted octanol–water partition coefficient (Wildman–Crippen LogP) is 2.49. The summed E-state index contributed by atoms with van der Waals surface area (Å²) in [4.78, 5) is 18.2. The Morgan fingerprint density at radius 1 is 1.15 bits per heavy atom. The molecular formula is C18H15N3O4S. The molecule has 0 bridgehead atoms. The maximum atomic E-state index is 12.9. The van der Waals surface area contributed by atoms with Crippen molar-refractivity contribution in [3.63, 3.8) is 0 Å². The van der Waals surface area contributed by atoms with Gasteiger partial charge in [0, 0.05) is 25.2 Å². The van der Waals surface area contributed by atoms with E-state index in [1.165, 1.54) is 29.6 Å². The number of benzene rings is 2. The van der Waals surface area contributed by atoms with Crippen LogP contribution in [0.1, 0.15) is 5.56 Å². The number of aromatic amines is 1. The Morgan fingerprint density at radius 2 is 1.96 bits per heavy atom. The number of oxazole rings is 1. The first-order valence-corrected chi connectivity index (χ1v) is 9.31. The predicted molar refractivity (Wildman–Crippen MR) is 97.2 cm³/mol. The number of rotatable bonds is 4. The molecule has 2 aromatic carbocycles. The quantitative estimate of drug-likeness (QED) is 0.596. The fourth-order valence-electron chi connectivity index (χ4n) is 2.89. The van der Waals surface area contributed by atoms with Crippen LogP contribution in [0, 0.1) is 0 Å². The SMILES string of the molecule is CN(Cc1cccc2cccnc12)S(=O)(=O)c1ccc2oc(=O)[nH]c2c1. The molecule has 2 aromatic heterocycles. The van der Waals surface area contributed by atoms with Crippen LogP contribution in [-0.2, 0) is 16.6 Å². The molecule has 0 saturated carbocycles. The molecule has 0 radical (unpaired) electrons. The lowest BCUT2D eigenvalue weighted by Crippen LogP contribution is -2.26. The third-order valence-electron chi connectivity index (χ3n) is 4.21. The maximum absolute atomic E-state index is 12.9. The highest BCUT2D eigenvalue weighted by Crippen LogP contribution is 2.23. The van der Waals surface area contributed by atoms with Gasteiger partial charge in [0.25, 0.3) is 0 Å². The van der Waals surface area contributed by atoms with Gasteiger partial charge in [0.15, 0.2) is 5.58 Å². The van der Waals surface area contributed by atoms with Crippen LogP contribution >= 0.6 is 0 Å². The van der Waals surface area contributed by atoms with E-state index in [0.29, 0.717) is 11.1 Å². The largest absolute Gasteiger partial charge is 0.417 e. The van der Waals surface area contributed by atoms with E-state index in [4.69, 9.17) is 4.42 Å². The van der Waals surface area contributed by atoms with Gasteiger partial charge < -0.3 is 4.42 Å². The molecule has 4 aromatic rings. The van der Waals surface area contributed by atoms with Crippen molar-refractivity contribution in [3.05, 3.63) is 70.8 Å². The number of fused-ring (bicyclic) bond motifs is 2. The van der Waals surface area contributed by atoms with Crippen LogP contribution in [0.5, 0.6) is 0 Å². The molecule has 26 heavy (non-hydrogen) atoms. The van der Waals surface area contributed by atoms with Crippen molar-refractivity contribution in [1.29, 1.82) is 0 Å². The lowest BCUT2D eigenvalue weighted by Gasteiger charge is -2.18. The summed E-state index contributed by atoms with van der Waals surface area (Å²) in [5, 5.41) is 0.952. The summed E-state index contributed by atoms with van der Waals surface area (Å²) in [7, 11) is -2.23. The van der Waals surface area contributed by atoms with Crippen molar-refractivity contribution < 1.29 is 12.8 Å². The number of para-hydroxylation sites is 1. The van der Waals surface area contributed by atoms with Gasteiger partial charge in [0.1, 0.15) is 0 Å². The Labute approximate surface area is 148 Å². The van der Waals surface area contributed by atoms with E-state index >= 15 is 0 Å². The topological polar surface area (TPSA) is 96.3 Å². The van der Waals surface area contributed by atoms with Crippen molar-refractivity contribution in [1.82, 2.24) is 14.3 Å². The highest BCUT2D eigenvalue weighted by Gasteiger charge is 2.22. The Bertz CT molecular complexity index is 1270. The second-order valence-electron chi connectivity index (χ2n) is 5.93. The monoisotopic (exact) mass is 369 g/mol. The van der Waals surface area contributed by atoms with Crippen LogP contribution in [0.25, 0.3) is 22.0 Å². The summed E-state index contributed by atoms with van der Waals surface area (Å²) in [6, 6.07) is 13.7. The first kappa shape index (κ1) is 16.5. The van der Waals surface area contributed by atoms with Crippen molar-refractivity contribution in [3.8, 4) is 0 Å². The second-order valence-corrected chi connectivity index (χ2v) is 7.97. The number of hydrogen-bond acceptors (Lipinski definition) is 5. The zero-order chi connectivity index (χ0) is 18.3. The Morgan fingerprint density at radius 3 is 2.81 bits per heavy atom. The third-order valence-corrected chi connectivity index (χ3v) is 6.01. The van der Waals surface area contributed by atoms with E-state index in [0.717, 1.165) is 16.5 Å². The molecule has 2 heterocycles. The molecular weight excluding hydrogens is 354 g/mol. The van der Waals surface area contributed by atoms with E-state index in [1.807, 2.05) is 30.3 Å². The Balaban J connectivity index is 1.71. The standard InChI is InChI=1S/C18H15N3O4S/c1-21(11-13-5-2-4-12-6-3-9-19-17(12)13)26(23,24)14-7-8-16-15(10-14)20-18(22)25-16/h2-10H,11H2,1H3,(H,20,22). The smallest absolute Gasteiger partial charge is 0.408 e. The first-order valence-electron chi connectivity index (χ1n) is 7.87. The number of sulfonamides is 1. The van der Waals surface area contributed by atoms with Gasteiger partial charge in [0.05, 0.1) is 15.9 Å². The van der Waals surface area contributed by atoms with Crippen molar-refractivity contribution in [2.24, 2.45) is 0 Å². The first-order chi connectivity index (χ1) is 12.4. The van der Waals surface area contributed by atoms with Gasteiger partial charge in [-0.05, 0) is 29.8 Å². The molecule has 0 unspecified atom stereocenters. The zero-order valence-electron chi connectivity index (χ0n) is 13.8. The maximum Gasteiger partial charge on any atom is 0.417 e. The number of hydrogen-bond donors (Lipinski definition) is 1.